The molecule has 1 aliphatic rings. The van der Waals surface area contributed by atoms with Crippen LogP contribution in [0.1, 0.15) is 35.7 Å². The van der Waals surface area contributed by atoms with Crippen molar-refractivity contribution in [2.24, 2.45) is 10.7 Å². The number of nitrogens with two attached hydrogens (primary N) is 1. The Morgan fingerprint density at radius 3 is 3.17 bits per heavy atom. The predicted molar refractivity (Wildman–Crippen MR) is 94.1 cm³/mol. The van der Waals surface area contributed by atoms with Gasteiger partial charge in [0.2, 0.25) is 0 Å². The van der Waals surface area contributed by atoms with Gasteiger partial charge in [-0.25, -0.2) is 4.98 Å². The highest BCUT2D eigenvalue weighted by Gasteiger charge is 2.21. The van der Waals surface area contributed by atoms with Gasteiger partial charge in [0.1, 0.15) is 5.75 Å². The Kier molecular flexibility index (Phi) is 5.12. The zero-order valence-electron chi connectivity index (χ0n) is 13.3. The van der Waals surface area contributed by atoms with Crippen molar-refractivity contribution in [3.05, 3.63) is 45.9 Å². The first-order valence-electron chi connectivity index (χ1n) is 7.97. The lowest BCUT2D eigenvalue weighted by molar-refractivity contribution is 0.262. The highest BCUT2D eigenvalue weighted by Crippen LogP contribution is 2.31. The molecule has 1 atom stereocenters. The van der Waals surface area contributed by atoms with Crippen LogP contribution in [0, 0.1) is 0 Å². The Labute approximate surface area is 140 Å². The number of fused-ring (bicyclic) bond motifs is 1. The summed E-state index contributed by atoms with van der Waals surface area (Å²) in [6.45, 7) is 3.46. The monoisotopic (exact) mass is 330 g/mol. The summed E-state index contributed by atoms with van der Waals surface area (Å²) in [5.41, 5.74) is 8.28. The molecule has 0 aliphatic carbocycles. The van der Waals surface area contributed by atoms with Gasteiger partial charge in [-0.1, -0.05) is 25.1 Å². The molecule has 0 radical (unpaired) electrons. The molecule has 3 N–H and O–H groups in total. The minimum atomic E-state index is 0.162. The molecule has 1 unspecified atom stereocenters. The summed E-state index contributed by atoms with van der Waals surface area (Å²) >= 11 is 1.71. The van der Waals surface area contributed by atoms with Crippen molar-refractivity contribution in [1.82, 2.24) is 10.3 Å². The number of aryl methyl sites for hydroxylation is 1. The molecule has 122 valence electrons. The molecule has 0 saturated heterocycles. The number of benzene rings is 1. The minimum absolute atomic E-state index is 0.162. The highest BCUT2D eigenvalue weighted by molar-refractivity contribution is 7.09. The maximum Gasteiger partial charge on any atom is 0.189 e. The number of thiazole rings is 1. The quantitative estimate of drug-likeness (QED) is 0.653. The van der Waals surface area contributed by atoms with E-state index >= 15 is 0 Å². The minimum Gasteiger partial charge on any atom is -0.493 e. The molecule has 3 rings (SSSR count). The summed E-state index contributed by atoms with van der Waals surface area (Å²) in [6.07, 6.45) is 2.70. The van der Waals surface area contributed by atoms with E-state index in [1.165, 1.54) is 5.01 Å². The van der Waals surface area contributed by atoms with Crippen molar-refractivity contribution in [2.75, 3.05) is 13.2 Å². The second kappa shape index (κ2) is 7.46. The molecule has 0 amide bonds. The SMILES string of the molecule is CCc1nc(CCN=C(N)NC2CCOc3ccccc32)cs1. The summed E-state index contributed by atoms with van der Waals surface area (Å²) in [7, 11) is 0. The Morgan fingerprint density at radius 1 is 1.48 bits per heavy atom. The first-order chi connectivity index (χ1) is 11.3. The normalized spacial score (nSPS) is 17.4. The smallest absolute Gasteiger partial charge is 0.189 e. The third kappa shape index (κ3) is 4.01. The molecular formula is C17H22N4OS. The number of para-hydroxylation sites is 1. The number of nitrogens with one attached hydrogen (secondary N) is 1. The van der Waals surface area contributed by atoms with Crippen molar-refractivity contribution in [2.45, 2.75) is 32.2 Å². The maximum atomic E-state index is 6.04. The number of aliphatic imine (C=N–C) groups is 1. The number of guanidine groups is 1. The van der Waals surface area contributed by atoms with Gasteiger partial charge in [0, 0.05) is 30.3 Å². The molecule has 2 heterocycles. The van der Waals surface area contributed by atoms with Gasteiger partial charge < -0.3 is 15.8 Å². The molecule has 1 aromatic heterocycles. The molecule has 0 spiro atoms. The van der Waals surface area contributed by atoms with Crippen LogP contribution in [-0.2, 0) is 12.8 Å². The number of rotatable bonds is 5. The van der Waals surface area contributed by atoms with Crippen molar-refractivity contribution >= 4 is 17.3 Å². The van der Waals surface area contributed by atoms with Crippen molar-refractivity contribution < 1.29 is 4.74 Å². The lowest BCUT2D eigenvalue weighted by Crippen LogP contribution is -2.37. The fraction of sp³-hybridized carbons (Fsp3) is 0.412. The number of ether oxygens (including phenoxy) is 1. The van der Waals surface area contributed by atoms with Crippen LogP contribution in [0.15, 0.2) is 34.6 Å². The van der Waals surface area contributed by atoms with Crippen LogP contribution in [0.5, 0.6) is 5.75 Å². The fourth-order valence-electron chi connectivity index (χ4n) is 2.63. The van der Waals surface area contributed by atoms with E-state index in [9.17, 15) is 0 Å². The Bertz CT molecular complexity index is 683. The van der Waals surface area contributed by atoms with Crippen LogP contribution < -0.4 is 15.8 Å². The van der Waals surface area contributed by atoms with Crippen LogP contribution in [0.4, 0.5) is 0 Å². The van der Waals surface area contributed by atoms with Gasteiger partial charge in [0.25, 0.3) is 0 Å². The zero-order chi connectivity index (χ0) is 16.1. The number of hydrogen-bond acceptors (Lipinski definition) is 4. The zero-order valence-corrected chi connectivity index (χ0v) is 14.1. The van der Waals surface area contributed by atoms with Gasteiger partial charge in [-0.05, 0) is 12.5 Å². The lowest BCUT2D eigenvalue weighted by Gasteiger charge is -2.26. The first kappa shape index (κ1) is 15.8. The van der Waals surface area contributed by atoms with E-state index in [-0.39, 0.29) is 6.04 Å². The molecule has 1 aromatic carbocycles. The van der Waals surface area contributed by atoms with Crippen LogP contribution in [-0.4, -0.2) is 24.1 Å². The summed E-state index contributed by atoms with van der Waals surface area (Å²) in [6, 6.07) is 8.22. The van der Waals surface area contributed by atoms with Gasteiger partial charge in [-0.15, -0.1) is 11.3 Å². The summed E-state index contributed by atoms with van der Waals surface area (Å²) in [4.78, 5) is 8.97. The summed E-state index contributed by atoms with van der Waals surface area (Å²) < 4.78 is 5.66. The summed E-state index contributed by atoms with van der Waals surface area (Å²) in [5.74, 6) is 1.41. The average molecular weight is 330 g/mol. The van der Waals surface area contributed by atoms with Crippen molar-refractivity contribution in [1.29, 1.82) is 0 Å². The van der Waals surface area contributed by atoms with Gasteiger partial charge >= 0.3 is 0 Å². The van der Waals surface area contributed by atoms with Crippen LogP contribution in [0.2, 0.25) is 0 Å². The Morgan fingerprint density at radius 2 is 2.35 bits per heavy atom. The van der Waals surface area contributed by atoms with E-state index in [1.54, 1.807) is 11.3 Å². The van der Waals surface area contributed by atoms with Crippen molar-refractivity contribution in [3.8, 4) is 5.75 Å². The molecule has 5 nitrogen and oxygen atoms in total. The van der Waals surface area contributed by atoms with Crippen LogP contribution in [0.3, 0.4) is 0 Å². The van der Waals surface area contributed by atoms with E-state index < -0.39 is 0 Å². The maximum absolute atomic E-state index is 6.04. The average Bonchev–Trinajstić information content (AvgIpc) is 3.03. The molecule has 0 bridgehead atoms. The standard InChI is InChI=1S/C17H22N4OS/c1-2-16-20-12(11-23-16)7-9-19-17(18)21-14-8-10-22-15-6-4-3-5-13(14)15/h3-6,11,14H,2,7-10H2,1H3,(H3,18,19,21). The fourth-order valence-corrected chi connectivity index (χ4v) is 3.41. The van der Waals surface area contributed by atoms with E-state index in [1.807, 2.05) is 18.2 Å². The topological polar surface area (TPSA) is 72.5 Å². The number of nitrogens with zero attached hydrogens (tertiary/aromatic N) is 2. The molecule has 0 saturated carbocycles. The molecule has 2 aromatic rings. The number of aromatic nitrogens is 1. The van der Waals surface area contributed by atoms with E-state index in [0.717, 1.165) is 36.3 Å². The second-order valence-corrected chi connectivity index (χ2v) is 6.42. The van der Waals surface area contributed by atoms with Gasteiger partial charge in [-0.3, -0.25) is 4.99 Å². The van der Waals surface area contributed by atoms with Gasteiger partial charge in [0.05, 0.1) is 23.4 Å². The van der Waals surface area contributed by atoms with Crippen molar-refractivity contribution in [3.63, 3.8) is 0 Å². The molecule has 1 aliphatic heterocycles. The largest absolute Gasteiger partial charge is 0.493 e. The molecule has 0 fully saturated rings. The molecule has 23 heavy (non-hydrogen) atoms. The summed E-state index contributed by atoms with van der Waals surface area (Å²) in [5, 5.41) is 6.59. The van der Waals surface area contributed by atoms with Crippen LogP contribution in [0.25, 0.3) is 0 Å². The van der Waals surface area contributed by atoms with Gasteiger partial charge in [0.15, 0.2) is 5.96 Å². The Hall–Kier alpha value is -2.08. The van der Waals surface area contributed by atoms with E-state index in [0.29, 0.717) is 19.1 Å². The molecular weight excluding hydrogens is 308 g/mol. The third-order valence-corrected chi connectivity index (χ3v) is 4.87. The highest BCUT2D eigenvalue weighted by atomic mass is 32.1. The second-order valence-electron chi connectivity index (χ2n) is 5.47. The third-order valence-electron chi connectivity index (χ3n) is 3.83. The van der Waals surface area contributed by atoms with E-state index in [2.05, 4.69) is 33.7 Å². The molecule has 6 heteroatoms. The Balaban J connectivity index is 1.55. The van der Waals surface area contributed by atoms with Gasteiger partial charge in [-0.2, -0.15) is 0 Å². The number of hydrogen-bond donors (Lipinski definition) is 2. The van der Waals surface area contributed by atoms with Crippen LogP contribution >= 0.6 is 11.3 Å². The van der Waals surface area contributed by atoms with E-state index in [4.69, 9.17) is 10.5 Å². The first-order valence-corrected chi connectivity index (χ1v) is 8.85. The lowest BCUT2D eigenvalue weighted by atomic mass is 10.0. The predicted octanol–water partition coefficient (Wildman–Crippen LogP) is 2.68.